The number of hydrogen-bond donors (Lipinski definition) is 4. The molecule has 1 fully saturated rings. The molecule has 7 atom stereocenters. The third-order valence-electron chi connectivity index (χ3n) is 7.61. The summed E-state index contributed by atoms with van der Waals surface area (Å²) in [5.41, 5.74) is 9.54. The second-order valence-electron chi connectivity index (χ2n) is 11.3. The molecule has 0 bridgehead atoms. The Morgan fingerprint density at radius 2 is 1.59 bits per heavy atom. The highest BCUT2D eigenvalue weighted by Gasteiger charge is 2.45. The Balaban J connectivity index is 2.00. The van der Waals surface area contributed by atoms with Gasteiger partial charge in [-0.3, -0.25) is 4.55 Å². The van der Waals surface area contributed by atoms with Crippen LogP contribution in [0.25, 0.3) is 10.4 Å². The van der Waals surface area contributed by atoms with Gasteiger partial charge >= 0.3 is 16.4 Å². The number of unbranched alkanes of at least 4 members (excludes halogenated alkanes) is 11. The molecule has 0 spiro atoms. The number of benzene rings is 1. The average Bonchev–Trinajstić information content (AvgIpc) is 3.03. The van der Waals surface area contributed by atoms with Crippen LogP contribution < -0.4 is 0 Å². The fourth-order valence-electron chi connectivity index (χ4n) is 4.97. The van der Waals surface area contributed by atoms with Gasteiger partial charge in [-0.1, -0.05) is 101 Å². The first-order valence-corrected chi connectivity index (χ1v) is 17.3. The molecule has 46 heavy (non-hydrogen) atoms. The van der Waals surface area contributed by atoms with Crippen molar-refractivity contribution >= 4 is 16.4 Å². The zero-order valence-electron chi connectivity index (χ0n) is 26.4. The summed E-state index contributed by atoms with van der Waals surface area (Å²) in [7, 11) is -4.89. The normalized spacial score (nSPS) is 23.1. The van der Waals surface area contributed by atoms with E-state index < -0.39 is 72.4 Å². The van der Waals surface area contributed by atoms with Crippen LogP contribution in [-0.2, 0) is 28.8 Å². The Labute approximate surface area is 271 Å². The minimum atomic E-state index is -4.89. The number of esters is 1. The van der Waals surface area contributed by atoms with Crippen molar-refractivity contribution in [2.24, 2.45) is 5.11 Å². The third kappa shape index (κ3) is 15.3. The fraction of sp³-hybridized carbons (Fsp3) is 0.710. The van der Waals surface area contributed by atoms with Gasteiger partial charge in [-0.05, 0) is 36.6 Å². The lowest BCUT2D eigenvalue weighted by molar-refractivity contribution is -0.301. The number of rotatable bonds is 23. The molecule has 1 aliphatic heterocycles. The number of hydrogen-bond acceptors (Lipinski definition) is 11. The van der Waals surface area contributed by atoms with E-state index >= 15 is 0 Å². The lowest BCUT2D eigenvalue weighted by atomic mass is 9.99. The first-order chi connectivity index (χ1) is 22.1. The number of aliphatic hydroxyl groups excluding tert-OH is 3. The molecule has 14 nitrogen and oxygen atoms in total. The summed E-state index contributed by atoms with van der Waals surface area (Å²) < 4.78 is 51.6. The topological polar surface area (TPSA) is 218 Å². The van der Waals surface area contributed by atoms with Gasteiger partial charge in [0.25, 0.3) is 0 Å². The van der Waals surface area contributed by atoms with E-state index in [1.807, 2.05) is 6.08 Å². The van der Waals surface area contributed by atoms with Gasteiger partial charge in [0.15, 0.2) is 6.29 Å². The number of allylic oxidation sites excluding steroid dienone is 1. The number of nitrogens with zero attached hydrogens (tertiary/aromatic N) is 3. The van der Waals surface area contributed by atoms with E-state index in [0.717, 1.165) is 19.3 Å². The standard InChI is InChI=1S/C31H49N3O11S/c1-2-3-4-5-6-7-8-9-10-11-12-13-17-20-25(44-30(38)23-18-15-14-16-19-23)24(33-34-32)21-42-31-29(37)28(36)27(35)26(45-31)22-43-46(39,40)41/h14-20,24-29,31,35-37H,2-13,21-22H2,1H3,(H,39,40,41)/b20-17+/t24-,25+,26+,27-,28-,29+,31+/m0/s1. The predicted molar refractivity (Wildman–Crippen MR) is 169 cm³/mol. The van der Waals surface area contributed by atoms with E-state index in [1.165, 1.54) is 51.4 Å². The molecule has 4 N–H and O–H groups in total. The Morgan fingerprint density at radius 3 is 2.17 bits per heavy atom. The van der Waals surface area contributed by atoms with Crippen LogP contribution in [0.4, 0.5) is 0 Å². The molecule has 1 saturated heterocycles. The molecule has 1 heterocycles. The number of azide groups is 1. The van der Waals surface area contributed by atoms with Crippen LogP contribution >= 0.6 is 0 Å². The SMILES string of the molecule is CCCCCCCCCCCCC/C=C/[C@@H](OC(=O)c1ccccc1)[C@H](CO[C@@H]1O[C@H](COS(=O)(=O)O)[C@H](O)[C@H](O)[C@H]1O)N=[N+]=[N-]. The Morgan fingerprint density at radius 1 is 0.978 bits per heavy atom. The molecule has 0 unspecified atom stereocenters. The quantitative estimate of drug-likeness (QED) is 0.0236. The molecule has 1 aliphatic rings. The molecule has 260 valence electrons. The molecular formula is C31H49N3O11S. The first kappa shape index (κ1) is 39.6. The van der Waals surface area contributed by atoms with Gasteiger partial charge in [0.05, 0.1) is 18.8 Å². The molecule has 0 saturated carbocycles. The highest BCUT2D eigenvalue weighted by atomic mass is 32.3. The smallest absolute Gasteiger partial charge is 0.397 e. The summed E-state index contributed by atoms with van der Waals surface area (Å²) in [5.74, 6) is -0.669. The van der Waals surface area contributed by atoms with Gasteiger partial charge in [-0.15, -0.1) is 0 Å². The zero-order valence-corrected chi connectivity index (χ0v) is 27.2. The largest absolute Gasteiger partial charge is 0.454 e. The first-order valence-electron chi connectivity index (χ1n) is 16.0. The number of aliphatic hydroxyl groups is 3. The maximum absolute atomic E-state index is 12.9. The maximum Gasteiger partial charge on any atom is 0.397 e. The van der Waals surface area contributed by atoms with Crippen molar-refractivity contribution < 1.29 is 51.5 Å². The van der Waals surface area contributed by atoms with Crippen molar-refractivity contribution in [3.8, 4) is 0 Å². The van der Waals surface area contributed by atoms with Gasteiger partial charge in [-0.25, -0.2) is 8.98 Å². The summed E-state index contributed by atoms with van der Waals surface area (Å²) in [5, 5.41) is 34.5. The second kappa shape index (κ2) is 22.1. The van der Waals surface area contributed by atoms with E-state index in [0.29, 0.717) is 6.42 Å². The second-order valence-corrected chi connectivity index (χ2v) is 12.4. The minimum absolute atomic E-state index is 0.275. The number of ether oxygens (including phenoxy) is 3. The summed E-state index contributed by atoms with van der Waals surface area (Å²) in [6.07, 6.45) is 7.80. The highest BCUT2D eigenvalue weighted by molar-refractivity contribution is 7.80. The number of carbonyl (C=O) groups is 1. The molecule has 15 heteroatoms. The molecule has 0 amide bonds. The monoisotopic (exact) mass is 671 g/mol. The van der Waals surface area contributed by atoms with Gasteiger partial charge in [-0.2, -0.15) is 8.42 Å². The third-order valence-corrected chi connectivity index (χ3v) is 8.05. The van der Waals surface area contributed by atoms with E-state index in [9.17, 15) is 34.1 Å². The number of carbonyl (C=O) groups excluding carboxylic acids is 1. The lowest BCUT2D eigenvalue weighted by Gasteiger charge is -2.40. The van der Waals surface area contributed by atoms with Crippen molar-refractivity contribution in [1.29, 1.82) is 0 Å². The summed E-state index contributed by atoms with van der Waals surface area (Å²) in [6.45, 7) is 0.866. The maximum atomic E-state index is 12.9. The molecule has 1 aromatic rings. The molecule has 0 radical (unpaired) electrons. The summed E-state index contributed by atoms with van der Waals surface area (Å²) in [4.78, 5) is 15.7. The molecular weight excluding hydrogens is 622 g/mol. The van der Waals surface area contributed by atoms with Crippen LogP contribution in [0.3, 0.4) is 0 Å². The lowest BCUT2D eigenvalue weighted by Crippen LogP contribution is -2.59. The van der Waals surface area contributed by atoms with Crippen molar-refractivity contribution in [3.63, 3.8) is 0 Å². The van der Waals surface area contributed by atoms with Crippen molar-refractivity contribution in [3.05, 3.63) is 58.5 Å². The van der Waals surface area contributed by atoms with Gasteiger partial charge in [0, 0.05) is 4.91 Å². The highest BCUT2D eigenvalue weighted by Crippen LogP contribution is 2.24. The van der Waals surface area contributed by atoms with E-state index in [-0.39, 0.29) is 5.56 Å². The Hall–Kier alpha value is -2.59. The van der Waals surface area contributed by atoms with Crippen LogP contribution in [0, 0.1) is 0 Å². The molecule has 1 aromatic carbocycles. The average molecular weight is 672 g/mol. The van der Waals surface area contributed by atoms with Gasteiger partial charge < -0.3 is 29.5 Å². The minimum Gasteiger partial charge on any atom is -0.454 e. The summed E-state index contributed by atoms with van der Waals surface area (Å²) >= 11 is 0. The summed E-state index contributed by atoms with van der Waals surface area (Å²) in [6, 6.07) is 7.09. The molecule has 2 rings (SSSR count). The van der Waals surface area contributed by atoms with E-state index in [4.69, 9.17) is 18.8 Å². The van der Waals surface area contributed by atoms with Gasteiger partial charge in [0.1, 0.15) is 36.6 Å². The Bertz CT molecular complexity index is 1180. The van der Waals surface area contributed by atoms with Crippen LogP contribution in [0.1, 0.15) is 94.3 Å². The predicted octanol–water partition coefficient (Wildman–Crippen LogP) is 4.79. The van der Waals surface area contributed by atoms with E-state index in [2.05, 4.69) is 21.1 Å². The van der Waals surface area contributed by atoms with Gasteiger partial charge in [0.2, 0.25) is 0 Å². The van der Waals surface area contributed by atoms with Crippen LogP contribution in [0.2, 0.25) is 0 Å². The van der Waals surface area contributed by atoms with Crippen LogP contribution in [0.15, 0.2) is 47.6 Å². The zero-order chi connectivity index (χ0) is 33.8. The Kier molecular flexibility index (Phi) is 19.0. The fourth-order valence-corrected chi connectivity index (χ4v) is 5.27. The van der Waals surface area contributed by atoms with Crippen LogP contribution in [-0.4, -0.2) is 90.3 Å². The van der Waals surface area contributed by atoms with Crippen molar-refractivity contribution in [2.45, 2.75) is 127 Å². The van der Waals surface area contributed by atoms with Crippen molar-refractivity contribution in [1.82, 2.24) is 0 Å². The van der Waals surface area contributed by atoms with Crippen molar-refractivity contribution in [2.75, 3.05) is 13.2 Å². The molecule has 0 aromatic heterocycles. The van der Waals surface area contributed by atoms with Crippen LogP contribution in [0.5, 0.6) is 0 Å². The van der Waals surface area contributed by atoms with E-state index in [1.54, 1.807) is 36.4 Å². The molecule has 0 aliphatic carbocycles.